The summed E-state index contributed by atoms with van der Waals surface area (Å²) in [5.41, 5.74) is 1.22. The molecule has 0 saturated heterocycles. The number of anilines is 2. The summed E-state index contributed by atoms with van der Waals surface area (Å²) in [6, 6.07) is 6.90. The van der Waals surface area contributed by atoms with E-state index in [1.165, 1.54) is 51.4 Å². The number of benzene rings is 1. The summed E-state index contributed by atoms with van der Waals surface area (Å²) in [6.07, 6.45) is 10.8. The fourth-order valence-electron chi connectivity index (χ4n) is 4.23. The van der Waals surface area contributed by atoms with E-state index in [0.717, 1.165) is 52.1 Å². The normalized spacial score (nSPS) is 11.1. The van der Waals surface area contributed by atoms with Gasteiger partial charge in [0.05, 0.1) is 13.2 Å². The number of ether oxygens (including phenoxy) is 2. The maximum absolute atomic E-state index is 12.1. The van der Waals surface area contributed by atoms with Crippen LogP contribution in [0.2, 0.25) is 0 Å². The number of unbranched alkanes of at least 4 members (excludes halogenated alkanes) is 6. The molecule has 218 valence electrons. The van der Waals surface area contributed by atoms with Crippen LogP contribution in [0.3, 0.4) is 0 Å². The lowest BCUT2D eigenvalue weighted by Gasteiger charge is -2.20. The average Bonchev–Trinajstić information content (AvgIpc) is 2.92. The summed E-state index contributed by atoms with van der Waals surface area (Å²) < 4.78 is 10.6. The van der Waals surface area contributed by atoms with Gasteiger partial charge in [-0.15, -0.1) is 0 Å². The predicted octanol–water partition coefficient (Wildman–Crippen LogP) is 7.37. The van der Waals surface area contributed by atoms with E-state index in [9.17, 15) is 9.59 Å². The molecular weight excluding hydrogens is 480 g/mol. The lowest BCUT2D eigenvalue weighted by atomic mass is 10.2. The summed E-state index contributed by atoms with van der Waals surface area (Å²) in [4.78, 5) is 29.0. The van der Waals surface area contributed by atoms with Gasteiger partial charge in [-0.25, -0.2) is 9.59 Å². The zero-order chi connectivity index (χ0) is 27.8. The Morgan fingerprint density at radius 3 is 1.29 bits per heavy atom. The van der Waals surface area contributed by atoms with Crippen LogP contribution in [-0.2, 0) is 9.47 Å². The molecule has 0 atom stereocenters. The quantitative estimate of drug-likeness (QED) is 0.151. The first-order valence-corrected chi connectivity index (χ1v) is 14.9. The molecule has 0 unspecified atom stereocenters. The van der Waals surface area contributed by atoms with E-state index in [1.54, 1.807) is 24.3 Å². The number of rotatable bonds is 22. The summed E-state index contributed by atoms with van der Waals surface area (Å²) in [5.74, 6) is 0. The molecule has 0 aliphatic rings. The third-order valence-corrected chi connectivity index (χ3v) is 6.63. The Kier molecular flexibility index (Phi) is 20.1. The van der Waals surface area contributed by atoms with Crippen molar-refractivity contribution in [1.82, 2.24) is 9.80 Å². The predicted molar refractivity (Wildman–Crippen MR) is 158 cm³/mol. The van der Waals surface area contributed by atoms with E-state index in [0.29, 0.717) is 24.6 Å². The topological polar surface area (TPSA) is 83.1 Å². The van der Waals surface area contributed by atoms with Crippen LogP contribution in [0.5, 0.6) is 0 Å². The smallest absolute Gasteiger partial charge is 0.411 e. The van der Waals surface area contributed by atoms with Gasteiger partial charge in [0.25, 0.3) is 0 Å². The molecule has 0 radical (unpaired) electrons. The van der Waals surface area contributed by atoms with Crippen LogP contribution < -0.4 is 10.6 Å². The molecule has 38 heavy (non-hydrogen) atoms. The minimum atomic E-state index is -0.470. The molecule has 2 N–H and O–H groups in total. The van der Waals surface area contributed by atoms with E-state index in [-0.39, 0.29) is 0 Å². The highest BCUT2D eigenvalue weighted by Gasteiger charge is 2.08. The summed E-state index contributed by atoms with van der Waals surface area (Å²) >= 11 is 0. The van der Waals surface area contributed by atoms with E-state index < -0.39 is 12.2 Å². The molecule has 0 aliphatic carbocycles. The highest BCUT2D eigenvalue weighted by molar-refractivity contribution is 5.87. The van der Waals surface area contributed by atoms with Gasteiger partial charge in [-0.3, -0.25) is 10.6 Å². The second-order valence-corrected chi connectivity index (χ2v) is 9.80. The largest absolute Gasteiger partial charge is 0.449 e. The van der Waals surface area contributed by atoms with Crippen molar-refractivity contribution in [3.8, 4) is 0 Å². The van der Waals surface area contributed by atoms with Gasteiger partial charge in [0.2, 0.25) is 0 Å². The zero-order valence-electron chi connectivity index (χ0n) is 24.6. The second-order valence-electron chi connectivity index (χ2n) is 9.80. The van der Waals surface area contributed by atoms with Crippen molar-refractivity contribution >= 4 is 23.6 Å². The van der Waals surface area contributed by atoms with Crippen LogP contribution in [0.15, 0.2) is 24.3 Å². The van der Waals surface area contributed by atoms with Crippen molar-refractivity contribution in [2.24, 2.45) is 0 Å². The maximum atomic E-state index is 12.1. The standard InChI is InChI=1S/C30H54N4O4/c1-5-9-11-13-21-33(7-3)23-15-25-37-29(35)31-27-17-19-28(20-18-27)32-30(36)38-26-16-24-34(8-4)22-14-12-10-6-2/h17-20H,5-16,21-26H2,1-4H3,(H,31,35)(H,32,36). The summed E-state index contributed by atoms with van der Waals surface area (Å²) in [6.45, 7) is 15.7. The minimum absolute atomic E-state index is 0.387. The number of nitrogens with zero attached hydrogens (tertiary/aromatic N) is 2. The number of hydrogen-bond acceptors (Lipinski definition) is 6. The molecule has 2 amide bonds. The Balaban J connectivity index is 2.20. The van der Waals surface area contributed by atoms with Crippen molar-refractivity contribution in [2.45, 2.75) is 91.9 Å². The lowest BCUT2D eigenvalue weighted by molar-refractivity contribution is 0.151. The number of carbonyl (C=O) groups excluding carboxylic acids is 2. The van der Waals surface area contributed by atoms with Crippen LogP contribution in [-0.4, -0.2) is 74.5 Å². The number of amides is 2. The van der Waals surface area contributed by atoms with Crippen LogP contribution in [0.1, 0.15) is 91.9 Å². The number of nitrogens with one attached hydrogen (secondary N) is 2. The molecule has 0 spiro atoms. The van der Waals surface area contributed by atoms with Crippen LogP contribution in [0.25, 0.3) is 0 Å². The Morgan fingerprint density at radius 2 is 0.947 bits per heavy atom. The second kappa shape index (κ2) is 22.6. The Morgan fingerprint density at radius 1 is 0.579 bits per heavy atom. The Labute approximate surface area is 231 Å². The molecule has 0 fully saturated rings. The van der Waals surface area contributed by atoms with Gasteiger partial charge in [-0.2, -0.15) is 0 Å². The first-order chi connectivity index (χ1) is 18.5. The van der Waals surface area contributed by atoms with Crippen LogP contribution >= 0.6 is 0 Å². The molecule has 0 aliphatic heterocycles. The third-order valence-electron chi connectivity index (χ3n) is 6.63. The molecule has 1 aromatic carbocycles. The third kappa shape index (κ3) is 17.2. The Bertz CT molecular complexity index is 668. The first-order valence-electron chi connectivity index (χ1n) is 14.9. The highest BCUT2D eigenvalue weighted by Crippen LogP contribution is 2.14. The zero-order valence-corrected chi connectivity index (χ0v) is 24.6. The molecule has 0 aromatic heterocycles. The Hall–Kier alpha value is -2.32. The van der Waals surface area contributed by atoms with E-state index in [4.69, 9.17) is 9.47 Å². The van der Waals surface area contributed by atoms with Crippen molar-refractivity contribution in [2.75, 3.05) is 63.1 Å². The van der Waals surface area contributed by atoms with Gasteiger partial charge >= 0.3 is 12.2 Å². The molecule has 8 nitrogen and oxygen atoms in total. The molecule has 0 saturated carbocycles. The van der Waals surface area contributed by atoms with Gasteiger partial charge in [0.1, 0.15) is 0 Å². The molecule has 0 bridgehead atoms. The van der Waals surface area contributed by atoms with Crippen molar-refractivity contribution in [3.63, 3.8) is 0 Å². The van der Waals surface area contributed by atoms with E-state index in [2.05, 4.69) is 48.1 Å². The summed E-state index contributed by atoms with van der Waals surface area (Å²) in [5, 5.41) is 5.46. The summed E-state index contributed by atoms with van der Waals surface area (Å²) in [7, 11) is 0. The van der Waals surface area contributed by atoms with Gasteiger partial charge < -0.3 is 19.3 Å². The van der Waals surface area contributed by atoms with Crippen molar-refractivity contribution < 1.29 is 19.1 Å². The SMILES string of the molecule is CCCCCCN(CC)CCCOC(=O)Nc1ccc(NC(=O)OCCCN(CC)CCCCCC)cc1. The molecule has 0 heterocycles. The van der Waals surface area contributed by atoms with Crippen LogP contribution in [0, 0.1) is 0 Å². The lowest BCUT2D eigenvalue weighted by Crippen LogP contribution is -2.27. The molecular formula is C30H54N4O4. The van der Waals surface area contributed by atoms with Crippen LogP contribution in [0.4, 0.5) is 21.0 Å². The number of hydrogen-bond donors (Lipinski definition) is 2. The fourth-order valence-corrected chi connectivity index (χ4v) is 4.23. The first kappa shape index (κ1) is 33.7. The van der Waals surface area contributed by atoms with Crippen molar-refractivity contribution in [3.05, 3.63) is 24.3 Å². The van der Waals surface area contributed by atoms with Gasteiger partial charge in [-0.1, -0.05) is 66.2 Å². The van der Waals surface area contributed by atoms with Crippen molar-refractivity contribution in [1.29, 1.82) is 0 Å². The average molecular weight is 535 g/mol. The fraction of sp³-hybridized carbons (Fsp3) is 0.733. The van der Waals surface area contributed by atoms with Gasteiger partial charge in [-0.05, 0) is 76.1 Å². The maximum Gasteiger partial charge on any atom is 0.411 e. The van der Waals surface area contributed by atoms with Gasteiger partial charge in [0.15, 0.2) is 0 Å². The van der Waals surface area contributed by atoms with Gasteiger partial charge in [0, 0.05) is 24.5 Å². The molecule has 1 rings (SSSR count). The molecule has 1 aromatic rings. The highest BCUT2D eigenvalue weighted by atomic mass is 16.6. The number of carbonyl (C=O) groups is 2. The minimum Gasteiger partial charge on any atom is -0.449 e. The van der Waals surface area contributed by atoms with E-state index in [1.807, 2.05) is 0 Å². The monoisotopic (exact) mass is 534 g/mol. The van der Waals surface area contributed by atoms with E-state index >= 15 is 0 Å². The molecule has 8 heteroatoms.